The molecule has 0 spiro atoms. The number of para-hydroxylation sites is 1. The summed E-state index contributed by atoms with van der Waals surface area (Å²) in [7, 11) is -5.90. The van der Waals surface area contributed by atoms with Gasteiger partial charge >= 0.3 is 15.6 Å². The molecule has 0 amide bonds. The van der Waals surface area contributed by atoms with Gasteiger partial charge in [-0.2, -0.15) is 21.6 Å². The third-order valence-corrected chi connectivity index (χ3v) is 4.13. The van der Waals surface area contributed by atoms with Gasteiger partial charge in [0.2, 0.25) is 0 Å². The molecule has 0 unspecified atom stereocenters. The minimum absolute atomic E-state index is 0.0281. The van der Waals surface area contributed by atoms with Crippen LogP contribution in [0.15, 0.2) is 58.0 Å². The molecule has 0 aliphatic rings. The Balaban J connectivity index is 2.21. The highest BCUT2D eigenvalue weighted by molar-refractivity contribution is 7.88. The van der Waals surface area contributed by atoms with Gasteiger partial charge in [-0.25, -0.2) is 0 Å². The fourth-order valence-corrected chi connectivity index (χ4v) is 2.50. The van der Waals surface area contributed by atoms with Gasteiger partial charge in [-0.1, -0.05) is 6.07 Å². The molecule has 130 valence electrons. The average Bonchev–Trinajstić information content (AvgIpc) is 2.55. The second-order valence-corrected chi connectivity index (χ2v) is 6.36. The van der Waals surface area contributed by atoms with Crippen LogP contribution in [-0.2, 0) is 10.1 Å². The minimum atomic E-state index is -5.90. The van der Waals surface area contributed by atoms with Gasteiger partial charge in [-0.15, -0.1) is 0 Å². The predicted octanol–water partition coefficient (Wildman–Crippen LogP) is 3.08. The quantitative estimate of drug-likeness (QED) is 0.519. The van der Waals surface area contributed by atoms with E-state index in [1.165, 1.54) is 36.7 Å². The highest BCUT2D eigenvalue weighted by Crippen LogP contribution is 2.32. The molecule has 10 heteroatoms. The summed E-state index contributed by atoms with van der Waals surface area (Å²) in [5.74, 6) is -0.705. The zero-order chi connectivity index (χ0) is 18.2. The van der Waals surface area contributed by atoms with Crippen LogP contribution in [0, 0.1) is 0 Å². The Bertz CT molecular complexity index is 1090. The maximum absolute atomic E-state index is 12.5. The van der Waals surface area contributed by atoms with Crippen molar-refractivity contribution in [1.82, 2.24) is 4.98 Å². The Labute approximate surface area is 138 Å². The van der Waals surface area contributed by atoms with Gasteiger partial charge in [0.15, 0.2) is 16.8 Å². The van der Waals surface area contributed by atoms with Crippen molar-refractivity contribution in [1.29, 1.82) is 0 Å². The maximum atomic E-state index is 12.5. The van der Waals surface area contributed by atoms with Crippen molar-refractivity contribution >= 4 is 21.1 Å². The molecule has 3 aromatic rings. The molecule has 2 aromatic heterocycles. The van der Waals surface area contributed by atoms with Gasteiger partial charge in [-0.3, -0.25) is 9.78 Å². The second kappa shape index (κ2) is 5.88. The van der Waals surface area contributed by atoms with E-state index in [-0.39, 0.29) is 11.1 Å². The fourth-order valence-electron chi connectivity index (χ4n) is 2.04. The van der Waals surface area contributed by atoms with Gasteiger partial charge in [0.25, 0.3) is 0 Å². The number of hydrogen-bond acceptors (Lipinski definition) is 6. The molecule has 1 aromatic carbocycles. The van der Waals surface area contributed by atoms with Crippen molar-refractivity contribution in [3.05, 3.63) is 59.0 Å². The summed E-state index contributed by atoms with van der Waals surface area (Å²) >= 11 is 0. The summed E-state index contributed by atoms with van der Waals surface area (Å²) in [5.41, 5.74) is -6.15. The van der Waals surface area contributed by atoms with Crippen molar-refractivity contribution in [3.63, 3.8) is 0 Å². The molecule has 0 bridgehead atoms. The first-order valence-corrected chi connectivity index (χ1v) is 8.08. The number of rotatable bonds is 3. The van der Waals surface area contributed by atoms with Gasteiger partial charge in [-0.05, 0) is 24.3 Å². The second-order valence-electron chi connectivity index (χ2n) is 4.83. The summed E-state index contributed by atoms with van der Waals surface area (Å²) in [4.78, 5) is 16.0. The first-order chi connectivity index (χ1) is 11.7. The molecule has 0 atom stereocenters. The third-order valence-electron chi connectivity index (χ3n) is 3.17. The molecule has 3 rings (SSSR count). The number of aromatic nitrogens is 1. The van der Waals surface area contributed by atoms with Crippen LogP contribution in [-0.4, -0.2) is 18.9 Å². The molecule has 2 heterocycles. The summed E-state index contributed by atoms with van der Waals surface area (Å²) < 4.78 is 69.6. The number of hydrogen-bond donors (Lipinski definition) is 0. The number of alkyl halides is 3. The first-order valence-electron chi connectivity index (χ1n) is 6.67. The van der Waals surface area contributed by atoms with E-state index >= 15 is 0 Å². The lowest BCUT2D eigenvalue weighted by atomic mass is 10.1. The van der Waals surface area contributed by atoms with Gasteiger partial charge < -0.3 is 8.60 Å². The SMILES string of the molecule is O=c1cc(-c2ccncc2)oc2c(OS(=O)(=O)C(F)(F)F)cccc12. The summed E-state index contributed by atoms with van der Waals surface area (Å²) in [6, 6.07) is 7.60. The molecule has 0 fully saturated rings. The van der Waals surface area contributed by atoms with Crippen LogP contribution in [0.25, 0.3) is 22.3 Å². The first kappa shape index (κ1) is 17.0. The minimum Gasteiger partial charge on any atom is -0.452 e. The van der Waals surface area contributed by atoms with E-state index in [1.807, 2.05) is 0 Å². The maximum Gasteiger partial charge on any atom is 0.534 e. The summed E-state index contributed by atoms with van der Waals surface area (Å²) in [6.45, 7) is 0. The smallest absolute Gasteiger partial charge is 0.452 e. The topological polar surface area (TPSA) is 86.5 Å². The normalized spacial score (nSPS) is 12.3. The lowest BCUT2D eigenvalue weighted by molar-refractivity contribution is -0.0499. The van der Waals surface area contributed by atoms with Crippen molar-refractivity contribution in [3.8, 4) is 17.1 Å². The average molecular weight is 371 g/mol. The molecular formula is C15H8F3NO5S. The highest BCUT2D eigenvalue weighted by atomic mass is 32.2. The molecule has 0 saturated carbocycles. The highest BCUT2D eigenvalue weighted by Gasteiger charge is 2.48. The number of nitrogens with zero attached hydrogens (tertiary/aromatic N) is 1. The van der Waals surface area contributed by atoms with E-state index in [4.69, 9.17) is 4.42 Å². The van der Waals surface area contributed by atoms with Crippen LogP contribution in [0.2, 0.25) is 0 Å². The van der Waals surface area contributed by atoms with Crippen LogP contribution in [0.5, 0.6) is 5.75 Å². The van der Waals surface area contributed by atoms with E-state index in [2.05, 4.69) is 9.17 Å². The zero-order valence-corrected chi connectivity index (χ0v) is 13.0. The van der Waals surface area contributed by atoms with Gasteiger partial charge in [0.05, 0.1) is 5.39 Å². The standard InChI is InChI=1S/C15H8F3NO5S/c16-15(17,18)25(21,22)24-12-3-1-2-10-11(20)8-13(23-14(10)12)9-4-6-19-7-5-9/h1-8H. The van der Waals surface area contributed by atoms with Crippen LogP contribution in [0.4, 0.5) is 13.2 Å². The van der Waals surface area contributed by atoms with E-state index in [0.29, 0.717) is 5.56 Å². The number of pyridine rings is 1. The van der Waals surface area contributed by atoms with E-state index in [0.717, 1.165) is 12.1 Å². The van der Waals surface area contributed by atoms with Gasteiger partial charge in [0, 0.05) is 24.0 Å². The van der Waals surface area contributed by atoms with Crippen LogP contribution >= 0.6 is 0 Å². The number of halogens is 3. The van der Waals surface area contributed by atoms with Crippen molar-refractivity contribution < 1.29 is 30.2 Å². The Hall–Kier alpha value is -2.88. The molecule has 6 nitrogen and oxygen atoms in total. The zero-order valence-electron chi connectivity index (χ0n) is 12.1. The largest absolute Gasteiger partial charge is 0.534 e. The van der Waals surface area contributed by atoms with Crippen LogP contribution < -0.4 is 9.61 Å². The van der Waals surface area contributed by atoms with E-state index < -0.39 is 32.4 Å². The lowest BCUT2D eigenvalue weighted by Crippen LogP contribution is -2.28. The molecule has 0 aliphatic heterocycles. The van der Waals surface area contributed by atoms with Gasteiger partial charge in [0.1, 0.15) is 5.76 Å². The molecule has 25 heavy (non-hydrogen) atoms. The van der Waals surface area contributed by atoms with E-state index in [9.17, 15) is 26.4 Å². The lowest BCUT2D eigenvalue weighted by Gasteiger charge is -2.11. The monoisotopic (exact) mass is 371 g/mol. The van der Waals surface area contributed by atoms with Crippen LogP contribution in [0.3, 0.4) is 0 Å². The fraction of sp³-hybridized carbons (Fsp3) is 0.0667. The number of fused-ring (bicyclic) bond motifs is 1. The third kappa shape index (κ3) is 3.20. The van der Waals surface area contributed by atoms with Crippen molar-refractivity contribution in [2.24, 2.45) is 0 Å². The van der Waals surface area contributed by atoms with Crippen molar-refractivity contribution in [2.75, 3.05) is 0 Å². The Morgan fingerprint density at radius 3 is 2.40 bits per heavy atom. The Kier molecular flexibility index (Phi) is 3.99. The molecule has 0 radical (unpaired) electrons. The van der Waals surface area contributed by atoms with Crippen LogP contribution in [0.1, 0.15) is 0 Å². The van der Waals surface area contributed by atoms with Crippen molar-refractivity contribution in [2.45, 2.75) is 5.51 Å². The Morgan fingerprint density at radius 1 is 1.08 bits per heavy atom. The predicted molar refractivity (Wildman–Crippen MR) is 81.3 cm³/mol. The molecule has 0 aliphatic carbocycles. The van der Waals surface area contributed by atoms with E-state index in [1.54, 1.807) is 0 Å². The summed E-state index contributed by atoms with van der Waals surface area (Å²) in [5, 5.41) is -0.118. The Morgan fingerprint density at radius 2 is 1.76 bits per heavy atom. The molecular weight excluding hydrogens is 363 g/mol. The summed E-state index contributed by atoms with van der Waals surface area (Å²) in [6.07, 6.45) is 2.85. The molecule has 0 saturated heterocycles. The number of benzene rings is 1. The molecule has 0 N–H and O–H groups in total.